The zero-order valence-corrected chi connectivity index (χ0v) is 12.2. The van der Waals surface area contributed by atoms with Gasteiger partial charge in [0, 0.05) is 12.1 Å². The van der Waals surface area contributed by atoms with Gasteiger partial charge in [0.25, 0.3) is 0 Å². The van der Waals surface area contributed by atoms with E-state index in [1.165, 1.54) is 30.3 Å². The second-order valence-corrected chi connectivity index (χ2v) is 4.33. The van der Waals surface area contributed by atoms with Crippen LogP contribution < -0.4 is 10.5 Å². The highest BCUT2D eigenvalue weighted by atomic mass is 35.5. The van der Waals surface area contributed by atoms with Crippen LogP contribution in [0, 0.1) is 5.82 Å². The number of alkyl halides is 3. The Balaban J connectivity index is 0.00000242. The van der Waals surface area contributed by atoms with E-state index in [0.29, 0.717) is 0 Å². The van der Waals surface area contributed by atoms with E-state index in [1.807, 2.05) is 0 Å². The Kier molecular flexibility index (Phi) is 6.20. The van der Waals surface area contributed by atoms with Crippen molar-refractivity contribution < 1.29 is 22.3 Å². The lowest BCUT2D eigenvalue weighted by Crippen LogP contribution is -2.14. The van der Waals surface area contributed by atoms with Crippen molar-refractivity contribution in [2.45, 2.75) is 6.18 Å². The molecule has 0 aliphatic carbocycles. The second kappa shape index (κ2) is 7.47. The fourth-order valence-corrected chi connectivity index (χ4v) is 1.91. The van der Waals surface area contributed by atoms with Crippen molar-refractivity contribution in [3.63, 3.8) is 0 Å². The van der Waals surface area contributed by atoms with E-state index < -0.39 is 17.6 Å². The predicted octanol–water partition coefficient (Wildman–Crippen LogP) is 4.27. The van der Waals surface area contributed by atoms with Crippen LogP contribution in [-0.2, 0) is 6.18 Å². The Hall–Kier alpha value is -1.79. The first-order chi connectivity index (χ1) is 9.93. The molecule has 0 fully saturated rings. The average molecular weight is 336 g/mol. The number of benzene rings is 2. The molecule has 2 N–H and O–H groups in total. The molecule has 0 aromatic heterocycles. The molecule has 0 saturated heterocycles. The highest BCUT2D eigenvalue weighted by molar-refractivity contribution is 5.85. The molecule has 0 amide bonds. The van der Waals surface area contributed by atoms with Crippen molar-refractivity contribution in [2.24, 2.45) is 5.73 Å². The van der Waals surface area contributed by atoms with E-state index in [2.05, 4.69) is 0 Å². The third kappa shape index (κ3) is 4.11. The number of nitrogens with two attached hydrogens (primary N) is 1. The van der Waals surface area contributed by atoms with Crippen LogP contribution in [0.1, 0.15) is 5.56 Å². The van der Waals surface area contributed by atoms with Crippen LogP contribution in [0.3, 0.4) is 0 Å². The van der Waals surface area contributed by atoms with Gasteiger partial charge in [0.2, 0.25) is 0 Å². The Morgan fingerprint density at radius 2 is 1.73 bits per heavy atom. The van der Waals surface area contributed by atoms with Crippen LogP contribution >= 0.6 is 12.4 Å². The van der Waals surface area contributed by atoms with Gasteiger partial charge in [0.05, 0.1) is 5.56 Å². The molecule has 0 atom stereocenters. The number of hydrogen-bond acceptors (Lipinski definition) is 2. The van der Waals surface area contributed by atoms with Gasteiger partial charge in [-0.05, 0) is 23.8 Å². The summed E-state index contributed by atoms with van der Waals surface area (Å²) in [5.74, 6) is -0.894. The molecule has 2 rings (SSSR count). The quantitative estimate of drug-likeness (QED) is 0.847. The van der Waals surface area contributed by atoms with E-state index in [1.54, 1.807) is 6.07 Å². The molecule has 0 heterocycles. The molecule has 0 spiro atoms. The highest BCUT2D eigenvalue weighted by Gasteiger charge is 2.34. The predicted molar refractivity (Wildman–Crippen MR) is 78.6 cm³/mol. The molecule has 2 aromatic rings. The summed E-state index contributed by atoms with van der Waals surface area (Å²) < 4.78 is 57.9. The minimum absolute atomic E-state index is 0. The van der Waals surface area contributed by atoms with E-state index in [0.717, 1.165) is 6.07 Å². The maximum atomic E-state index is 13.7. The molecule has 2 nitrogen and oxygen atoms in total. The lowest BCUT2D eigenvalue weighted by molar-refractivity contribution is -0.138. The molecule has 0 aliphatic rings. The lowest BCUT2D eigenvalue weighted by Gasteiger charge is -2.15. The van der Waals surface area contributed by atoms with Gasteiger partial charge in [-0.2, -0.15) is 13.2 Å². The van der Waals surface area contributed by atoms with Gasteiger partial charge in [0.15, 0.2) is 0 Å². The first-order valence-corrected chi connectivity index (χ1v) is 6.22. The van der Waals surface area contributed by atoms with Gasteiger partial charge < -0.3 is 10.5 Å². The zero-order valence-electron chi connectivity index (χ0n) is 11.4. The van der Waals surface area contributed by atoms with Crippen LogP contribution in [0.25, 0.3) is 11.1 Å². The lowest BCUT2D eigenvalue weighted by atomic mass is 10.0. The van der Waals surface area contributed by atoms with Crippen molar-refractivity contribution >= 4 is 12.4 Å². The standard InChI is InChI=1S/C15H13F4NO.ClH/c16-13-4-2-1-3-11(13)10-5-6-14(21-8-7-20)12(9-10)15(17,18)19;/h1-6,9H,7-8,20H2;1H. The SMILES string of the molecule is Cl.NCCOc1ccc(-c2ccccc2F)cc1C(F)(F)F. The van der Waals surface area contributed by atoms with Crippen molar-refractivity contribution in [3.8, 4) is 16.9 Å². The van der Waals surface area contributed by atoms with Gasteiger partial charge >= 0.3 is 6.18 Å². The summed E-state index contributed by atoms with van der Waals surface area (Å²) in [5, 5.41) is 0. The van der Waals surface area contributed by atoms with Crippen LogP contribution in [0.2, 0.25) is 0 Å². The van der Waals surface area contributed by atoms with Crippen LogP contribution in [0.5, 0.6) is 5.75 Å². The van der Waals surface area contributed by atoms with Crippen LogP contribution in [-0.4, -0.2) is 13.2 Å². The maximum absolute atomic E-state index is 13.7. The van der Waals surface area contributed by atoms with Crippen molar-refractivity contribution in [2.75, 3.05) is 13.2 Å². The van der Waals surface area contributed by atoms with Crippen molar-refractivity contribution in [1.82, 2.24) is 0 Å². The third-order valence-corrected chi connectivity index (χ3v) is 2.85. The topological polar surface area (TPSA) is 35.2 Å². The van der Waals surface area contributed by atoms with Crippen LogP contribution in [0.15, 0.2) is 42.5 Å². The Labute approximate surface area is 131 Å². The molecule has 0 aliphatic heterocycles. The van der Waals surface area contributed by atoms with E-state index in [-0.39, 0.29) is 42.4 Å². The summed E-state index contributed by atoms with van der Waals surface area (Å²) in [6, 6.07) is 9.10. The molecule has 0 radical (unpaired) electrons. The van der Waals surface area contributed by atoms with Gasteiger partial charge in [0.1, 0.15) is 18.2 Å². The fourth-order valence-electron chi connectivity index (χ4n) is 1.91. The Bertz CT molecular complexity index is 631. The number of ether oxygens (including phenoxy) is 1. The van der Waals surface area contributed by atoms with Gasteiger partial charge in [-0.1, -0.05) is 24.3 Å². The average Bonchev–Trinajstić information content (AvgIpc) is 2.44. The fraction of sp³-hybridized carbons (Fsp3) is 0.200. The monoisotopic (exact) mass is 335 g/mol. The van der Waals surface area contributed by atoms with Gasteiger partial charge in [-0.25, -0.2) is 4.39 Å². The van der Waals surface area contributed by atoms with Gasteiger partial charge in [-0.3, -0.25) is 0 Å². The third-order valence-electron chi connectivity index (χ3n) is 2.85. The second-order valence-electron chi connectivity index (χ2n) is 4.33. The summed E-state index contributed by atoms with van der Waals surface area (Å²) in [5.41, 5.74) is 4.52. The van der Waals surface area contributed by atoms with Crippen LogP contribution in [0.4, 0.5) is 17.6 Å². The molecule has 2 aromatic carbocycles. The van der Waals surface area contributed by atoms with E-state index >= 15 is 0 Å². The summed E-state index contributed by atoms with van der Waals surface area (Å²) in [6.07, 6.45) is -4.59. The van der Waals surface area contributed by atoms with E-state index in [9.17, 15) is 17.6 Å². The smallest absolute Gasteiger partial charge is 0.419 e. The molecule has 0 bridgehead atoms. The molecule has 0 saturated carbocycles. The van der Waals surface area contributed by atoms with E-state index in [4.69, 9.17) is 10.5 Å². The Morgan fingerprint density at radius 1 is 1.05 bits per heavy atom. The molecule has 22 heavy (non-hydrogen) atoms. The highest BCUT2D eigenvalue weighted by Crippen LogP contribution is 2.39. The molecular formula is C15H14ClF4NO. The number of hydrogen-bond donors (Lipinski definition) is 1. The number of halogens is 5. The summed E-state index contributed by atoms with van der Waals surface area (Å²) in [4.78, 5) is 0. The summed E-state index contributed by atoms with van der Waals surface area (Å²) in [7, 11) is 0. The normalized spacial score (nSPS) is 11.0. The van der Waals surface area contributed by atoms with Crippen molar-refractivity contribution in [1.29, 1.82) is 0 Å². The first kappa shape index (κ1) is 18.3. The Morgan fingerprint density at radius 3 is 2.32 bits per heavy atom. The molecule has 120 valence electrons. The maximum Gasteiger partial charge on any atom is 0.419 e. The minimum atomic E-state index is -4.59. The summed E-state index contributed by atoms with van der Waals surface area (Å²) >= 11 is 0. The minimum Gasteiger partial charge on any atom is -0.492 e. The van der Waals surface area contributed by atoms with Gasteiger partial charge in [-0.15, -0.1) is 12.4 Å². The molecule has 7 heteroatoms. The first-order valence-electron chi connectivity index (χ1n) is 6.22. The number of rotatable bonds is 4. The zero-order chi connectivity index (χ0) is 15.5. The summed E-state index contributed by atoms with van der Waals surface area (Å²) in [6.45, 7) is 0.0779. The largest absolute Gasteiger partial charge is 0.492 e. The molecular weight excluding hydrogens is 322 g/mol. The molecule has 0 unspecified atom stereocenters. The van der Waals surface area contributed by atoms with Crippen molar-refractivity contribution in [3.05, 3.63) is 53.8 Å².